The molecule has 0 aliphatic heterocycles. The van der Waals surface area contributed by atoms with Crippen molar-refractivity contribution in [1.82, 2.24) is 0 Å². The zero-order valence-electron chi connectivity index (χ0n) is 9.18. The molecule has 2 aromatic rings. The van der Waals surface area contributed by atoms with Crippen LogP contribution in [-0.4, -0.2) is 5.11 Å². The molecule has 0 amide bonds. The van der Waals surface area contributed by atoms with Gasteiger partial charge in [0.25, 0.3) is 0 Å². The van der Waals surface area contributed by atoms with Gasteiger partial charge in [-0.3, -0.25) is 0 Å². The van der Waals surface area contributed by atoms with Crippen molar-refractivity contribution in [2.75, 3.05) is 0 Å². The lowest BCUT2D eigenvalue weighted by Crippen LogP contribution is -2.05. The van der Waals surface area contributed by atoms with Crippen LogP contribution in [-0.2, 0) is 0 Å². The van der Waals surface area contributed by atoms with E-state index in [2.05, 4.69) is 0 Å². The van der Waals surface area contributed by atoms with Crippen LogP contribution in [0.15, 0.2) is 18.2 Å². The van der Waals surface area contributed by atoms with Gasteiger partial charge in [0.2, 0.25) is 0 Å². The number of aryl methyl sites for hydroxylation is 1. The Labute approximate surface area is 110 Å². The molecular formula is C12H8ClF3OS. The van der Waals surface area contributed by atoms with Crippen molar-refractivity contribution >= 4 is 22.9 Å². The fraction of sp³-hybridized carbons (Fsp3) is 0.167. The van der Waals surface area contributed by atoms with E-state index in [1.807, 2.05) is 0 Å². The van der Waals surface area contributed by atoms with Gasteiger partial charge in [0.1, 0.15) is 23.6 Å². The van der Waals surface area contributed by atoms with Crippen molar-refractivity contribution in [3.63, 3.8) is 0 Å². The number of rotatable bonds is 2. The Morgan fingerprint density at radius 1 is 1.17 bits per heavy atom. The summed E-state index contributed by atoms with van der Waals surface area (Å²) in [6, 6.07) is 2.60. The van der Waals surface area contributed by atoms with E-state index in [4.69, 9.17) is 11.6 Å². The van der Waals surface area contributed by atoms with Crippen LogP contribution < -0.4 is 0 Å². The van der Waals surface area contributed by atoms with E-state index in [-0.39, 0.29) is 0 Å². The molecule has 1 N–H and O–H groups in total. The van der Waals surface area contributed by atoms with Crippen LogP contribution in [0.2, 0.25) is 4.34 Å². The Morgan fingerprint density at radius 3 is 2.17 bits per heavy atom. The molecule has 1 aromatic carbocycles. The number of thiophene rings is 1. The van der Waals surface area contributed by atoms with Gasteiger partial charge in [-0.1, -0.05) is 11.6 Å². The molecule has 96 valence electrons. The smallest absolute Gasteiger partial charge is 0.135 e. The molecular weight excluding hydrogens is 285 g/mol. The Morgan fingerprint density at radius 2 is 1.72 bits per heavy atom. The first kappa shape index (κ1) is 13.4. The van der Waals surface area contributed by atoms with Crippen LogP contribution in [0.4, 0.5) is 13.2 Å². The van der Waals surface area contributed by atoms with Gasteiger partial charge < -0.3 is 5.11 Å². The molecule has 0 aliphatic rings. The van der Waals surface area contributed by atoms with E-state index in [1.54, 1.807) is 13.0 Å². The van der Waals surface area contributed by atoms with Crippen LogP contribution in [0.1, 0.15) is 22.1 Å². The Balaban J connectivity index is 2.49. The lowest BCUT2D eigenvalue weighted by molar-refractivity contribution is 0.212. The van der Waals surface area contributed by atoms with Gasteiger partial charge in [-0.15, -0.1) is 11.3 Å². The van der Waals surface area contributed by atoms with Gasteiger partial charge in [0.15, 0.2) is 0 Å². The lowest BCUT2D eigenvalue weighted by Gasteiger charge is -2.11. The molecule has 2 rings (SSSR count). The Kier molecular flexibility index (Phi) is 3.66. The first-order valence-corrected chi connectivity index (χ1v) is 6.18. The van der Waals surface area contributed by atoms with Crippen LogP contribution >= 0.6 is 22.9 Å². The first-order chi connectivity index (χ1) is 8.40. The highest BCUT2D eigenvalue weighted by Crippen LogP contribution is 2.35. The molecule has 0 saturated carbocycles. The third-order valence-electron chi connectivity index (χ3n) is 2.46. The molecule has 6 heteroatoms. The number of hydrogen-bond donors (Lipinski definition) is 1. The maximum atomic E-state index is 13.5. The van der Waals surface area contributed by atoms with E-state index in [0.717, 1.165) is 11.3 Å². The molecule has 0 saturated heterocycles. The second kappa shape index (κ2) is 4.91. The molecule has 0 radical (unpaired) electrons. The fourth-order valence-corrected chi connectivity index (χ4v) is 2.79. The molecule has 1 heterocycles. The maximum Gasteiger partial charge on any atom is 0.135 e. The summed E-state index contributed by atoms with van der Waals surface area (Å²) in [5.74, 6) is -3.27. The number of benzene rings is 1. The molecule has 18 heavy (non-hydrogen) atoms. The average Bonchev–Trinajstić information content (AvgIpc) is 2.57. The van der Waals surface area contributed by atoms with Gasteiger partial charge in [-0.25, -0.2) is 13.2 Å². The summed E-state index contributed by atoms with van der Waals surface area (Å²) >= 11 is 6.85. The van der Waals surface area contributed by atoms with Crippen LogP contribution in [0.5, 0.6) is 0 Å². The number of aliphatic hydroxyl groups is 1. The zero-order valence-corrected chi connectivity index (χ0v) is 10.7. The molecule has 0 aliphatic carbocycles. The normalized spacial score (nSPS) is 12.8. The third kappa shape index (κ3) is 2.39. The maximum absolute atomic E-state index is 13.5. The minimum atomic E-state index is -1.50. The summed E-state index contributed by atoms with van der Waals surface area (Å²) in [6.07, 6.45) is -1.50. The van der Waals surface area contributed by atoms with Gasteiger partial charge in [-0.2, -0.15) is 0 Å². The quantitative estimate of drug-likeness (QED) is 0.879. The predicted octanol–water partition coefficient (Wildman–Crippen LogP) is 4.21. The van der Waals surface area contributed by atoms with Crippen LogP contribution in [0, 0.1) is 24.4 Å². The van der Waals surface area contributed by atoms with Crippen molar-refractivity contribution < 1.29 is 18.3 Å². The van der Waals surface area contributed by atoms with Gasteiger partial charge in [-0.05, 0) is 18.6 Å². The van der Waals surface area contributed by atoms with Gasteiger partial charge >= 0.3 is 0 Å². The van der Waals surface area contributed by atoms with E-state index >= 15 is 0 Å². The van der Waals surface area contributed by atoms with E-state index < -0.39 is 29.1 Å². The zero-order chi connectivity index (χ0) is 13.4. The number of aliphatic hydroxyl groups excluding tert-OH is 1. The van der Waals surface area contributed by atoms with E-state index in [1.165, 1.54) is 0 Å². The van der Waals surface area contributed by atoms with Crippen molar-refractivity contribution in [2.45, 2.75) is 13.0 Å². The standard InChI is InChI=1S/C12H8ClF3OS/c1-5-2-9(18-12(5)13)11(17)10-7(15)3-6(14)4-8(10)16/h2-4,11,17H,1H3. The van der Waals surface area contributed by atoms with Gasteiger partial charge in [0.05, 0.1) is 9.90 Å². The van der Waals surface area contributed by atoms with Crippen molar-refractivity contribution in [2.24, 2.45) is 0 Å². The summed E-state index contributed by atoms with van der Waals surface area (Å²) in [4.78, 5) is 0.307. The predicted molar refractivity (Wildman–Crippen MR) is 64.4 cm³/mol. The van der Waals surface area contributed by atoms with E-state index in [9.17, 15) is 18.3 Å². The molecule has 0 bridgehead atoms. The SMILES string of the molecule is Cc1cc(C(O)c2c(F)cc(F)cc2F)sc1Cl. The fourth-order valence-electron chi connectivity index (χ4n) is 1.58. The minimum Gasteiger partial charge on any atom is -0.383 e. The first-order valence-electron chi connectivity index (χ1n) is 4.98. The highest BCUT2D eigenvalue weighted by atomic mass is 35.5. The summed E-state index contributed by atoms with van der Waals surface area (Å²) in [5, 5.41) is 9.93. The average molecular weight is 293 g/mol. The molecule has 1 aromatic heterocycles. The third-order valence-corrected chi connectivity index (χ3v) is 4.07. The molecule has 1 unspecified atom stereocenters. The van der Waals surface area contributed by atoms with Crippen molar-refractivity contribution in [3.8, 4) is 0 Å². The van der Waals surface area contributed by atoms with Gasteiger partial charge in [0, 0.05) is 17.0 Å². The monoisotopic (exact) mass is 292 g/mol. The highest BCUT2D eigenvalue weighted by Gasteiger charge is 2.23. The topological polar surface area (TPSA) is 20.2 Å². The number of hydrogen-bond acceptors (Lipinski definition) is 2. The summed E-state index contributed by atoms with van der Waals surface area (Å²) in [5.41, 5.74) is 0.132. The molecule has 0 spiro atoms. The highest BCUT2D eigenvalue weighted by molar-refractivity contribution is 7.16. The Bertz CT molecular complexity index is 554. The van der Waals surface area contributed by atoms with Crippen LogP contribution in [0.3, 0.4) is 0 Å². The molecule has 1 atom stereocenters. The molecule has 0 fully saturated rings. The summed E-state index contributed by atoms with van der Waals surface area (Å²) in [7, 11) is 0. The lowest BCUT2D eigenvalue weighted by atomic mass is 10.1. The molecule has 1 nitrogen and oxygen atoms in total. The van der Waals surface area contributed by atoms with E-state index in [0.29, 0.717) is 26.9 Å². The van der Waals surface area contributed by atoms with Crippen LogP contribution in [0.25, 0.3) is 0 Å². The summed E-state index contributed by atoms with van der Waals surface area (Å²) in [6.45, 7) is 1.71. The van der Waals surface area contributed by atoms with Crippen molar-refractivity contribution in [3.05, 3.63) is 56.0 Å². The summed E-state index contributed by atoms with van der Waals surface area (Å²) < 4.78 is 40.2. The minimum absolute atomic E-state index is 0.307. The Hall–Kier alpha value is -1.04. The largest absolute Gasteiger partial charge is 0.383 e. The number of halogens is 4. The second-order valence-electron chi connectivity index (χ2n) is 3.79. The van der Waals surface area contributed by atoms with Crippen molar-refractivity contribution in [1.29, 1.82) is 0 Å². The second-order valence-corrected chi connectivity index (χ2v) is 5.48.